The summed E-state index contributed by atoms with van der Waals surface area (Å²) in [5, 5.41) is 14.2. The van der Waals surface area contributed by atoms with E-state index in [4.69, 9.17) is 4.42 Å². The van der Waals surface area contributed by atoms with E-state index in [1.807, 2.05) is 0 Å². The van der Waals surface area contributed by atoms with E-state index >= 15 is 0 Å². The number of carbonyl (C=O) groups excluding carboxylic acids is 1. The highest BCUT2D eigenvalue weighted by atomic mass is 32.1. The van der Waals surface area contributed by atoms with Crippen molar-refractivity contribution in [2.24, 2.45) is 0 Å². The molecule has 7 heteroatoms. The van der Waals surface area contributed by atoms with Crippen LogP contribution < -0.4 is 5.32 Å². The number of hydrogen-bond acceptors (Lipinski definition) is 5. The lowest BCUT2D eigenvalue weighted by Gasteiger charge is -2.00. The summed E-state index contributed by atoms with van der Waals surface area (Å²) in [6.45, 7) is 0. The lowest BCUT2D eigenvalue weighted by molar-refractivity contribution is 0.0997. The molecule has 2 N–H and O–H groups in total. The van der Waals surface area contributed by atoms with Crippen molar-refractivity contribution in [2.75, 3.05) is 5.32 Å². The predicted molar refractivity (Wildman–Crippen MR) is 101 cm³/mol. The predicted octanol–water partition coefficient (Wildman–Crippen LogP) is 5.17. The number of nitrogens with zero attached hydrogens (tertiary/aromatic N) is 1. The molecule has 4 rings (SSSR count). The van der Waals surface area contributed by atoms with Gasteiger partial charge in [0.2, 0.25) is 0 Å². The number of carbonyl (C=O) groups is 1. The maximum absolute atomic E-state index is 13.8. The van der Waals surface area contributed by atoms with Crippen molar-refractivity contribution in [2.45, 2.75) is 0 Å². The van der Waals surface area contributed by atoms with E-state index in [1.54, 1.807) is 53.9 Å². The summed E-state index contributed by atoms with van der Waals surface area (Å²) >= 11 is 1.27. The first kappa shape index (κ1) is 17.0. The molecule has 5 nitrogen and oxygen atoms in total. The molecule has 1 amide bonds. The molecule has 2 aromatic carbocycles. The summed E-state index contributed by atoms with van der Waals surface area (Å²) in [5.74, 6) is -0.371. The van der Waals surface area contributed by atoms with Gasteiger partial charge in [-0.3, -0.25) is 10.1 Å². The molecule has 0 spiro atoms. The summed E-state index contributed by atoms with van der Waals surface area (Å²) in [7, 11) is 0. The number of rotatable bonds is 4. The minimum atomic E-state index is -0.468. The number of benzene rings is 2. The first-order valence-electron chi connectivity index (χ1n) is 8.01. The Morgan fingerprint density at radius 3 is 2.63 bits per heavy atom. The van der Waals surface area contributed by atoms with Crippen LogP contribution in [0.5, 0.6) is 5.75 Å². The number of furan rings is 1. The number of thiazole rings is 1. The third kappa shape index (κ3) is 3.58. The van der Waals surface area contributed by atoms with Gasteiger partial charge in [0.25, 0.3) is 5.91 Å². The Morgan fingerprint density at radius 1 is 1.07 bits per heavy atom. The monoisotopic (exact) mass is 380 g/mol. The Labute approximate surface area is 157 Å². The molecule has 0 aliphatic heterocycles. The molecule has 0 radical (unpaired) electrons. The largest absolute Gasteiger partial charge is 0.508 e. The van der Waals surface area contributed by atoms with Crippen LogP contribution >= 0.6 is 11.3 Å². The highest BCUT2D eigenvalue weighted by Gasteiger charge is 2.16. The zero-order valence-corrected chi connectivity index (χ0v) is 14.7. The van der Waals surface area contributed by atoms with Crippen LogP contribution in [-0.2, 0) is 0 Å². The van der Waals surface area contributed by atoms with E-state index < -0.39 is 11.7 Å². The van der Waals surface area contributed by atoms with Crippen LogP contribution in [-0.4, -0.2) is 16.0 Å². The third-order valence-electron chi connectivity index (χ3n) is 3.86. The topological polar surface area (TPSA) is 75.4 Å². The highest BCUT2D eigenvalue weighted by Crippen LogP contribution is 2.28. The zero-order chi connectivity index (χ0) is 18.8. The second kappa shape index (κ2) is 7.05. The standard InChI is InChI=1S/C20H13FN2O3S/c21-15-4-2-1-3-14(15)17-9-10-18(26-17)19(25)23-20-22-16(11-27-20)12-5-7-13(24)8-6-12/h1-11,24H,(H,22,23,25). The summed E-state index contributed by atoms with van der Waals surface area (Å²) in [6.07, 6.45) is 0. The average molecular weight is 380 g/mol. The van der Waals surface area contributed by atoms with Crippen molar-refractivity contribution >= 4 is 22.4 Å². The van der Waals surface area contributed by atoms with Gasteiger partial charge in [-0.1, -0.05) is 12.1 Å². The van der Waals surface area contributed by atoms with Crippen LogP contribution in [0.3, 0.4) is 0 Å². The Balaban J connectivity index is 1.50. The smallest absolute Gasteiger partial charge is 0.293 e. The quantitative estimate of drug-likeness (QED) is 0.512. The maximum Gasteiger partial charge on any atom is 0.293 e. The van der Waals surface area contributed by atoms with Crippen LogP contribution in [0.2, 0.25) is 0 Å². The Hall–Kier alpha value is -3.45. The summed E-state index contributed by atoms with van der Waals surface area (Å²) in [5.41, 5.74) is 1.80. The molecule has 2 aromatic heterocycles. The van der Waals surface area contributed by atoms with Gasteiger partial charge < -0.3 is 9.52 Å². The SMILES string of the molecule is O=C(Nc1nc(-c2ccc(O)cc2)cs1)c1ccc(-c2ccccc2F)o1. The van der Waals surface area contributed by atoms with Crippen LogP contribution in [0, 0.1) is 5.82 Å². The van der Waals surface area contributed by atoms with Crippen molar-refractivity contribution in [3.8, 4) is 28.3 Å². The van der Waals surface area contributed by atoms with Gasteiger partial charge in [-0.25, -0.2) is 9.37 Å². The molecular formula is C20H13FN2O3S. The van der Waals surface area contributed by atoms with Gasteiger partial charge in [-0.05, 0) is 48.5 Å². The van der Waals surface area contributed by atoms with Crippen molar-refractivity contribution in [1.29, 1.82) is 0 Å². The van der Waals surface area contributed by atoms with Gasteiger partial charge in [0, 0.05) is 10.9 Å². The van der Waals surface area contributed by atoms with Crippen molar-refractivity contribution in [3.63, 3.8) is 0 Å². The van der Waals surface area contributed by atoms with Gasteiger partial charge in [-0.2, -0.15) is 0 Å². The molecule has 0 bridgehead atoms. The molecule has 0 atom stereocenters. The minimum Gasteiger partial charge on any atom is -0.508 e. The molecule has 0 saturated heterocycles. The van der Waals surface area contributed by atoms with Gasteiger partial charge in [-0.15, -0.1) is 11.3 Å². The molecule has 134 valence electrons. The number of anilines is 1. The van der Waals surface area contributed by atoms with E-state index in [-0.39, 0.29) is 17.3 Å². The highest BCUT2D eigenvalue weighted by molar-refractivity contribution is 7.14. The Morgan fingerprint density at radius 2 is 1.85 bits per heavy atom. The second-order valence-electron chi connectivity index (χ2n) is 5.68. The minimum absolute atomic E-state index is 0.0645. The maximum atomic E-state index is 13.8. The van der Waals surface area contributed by atoms with Gasteiger partial charge in [0.1, 0.15) is 17.3 Å². The van der Waals surface area contributed by atoms with Crippen LogP contribution in [0.15, 0.2) is 70.5 Å². The number of phenolic OH excluding ortho intramolecular Hbond substituents is 1. The van der Waals surface area contributed by atoms with Crippen molar-refractivity contribution in [3.05, 3.63) is 77.6 Å². The number of aromatic hydroxyl groups is 1. The number of amides is 1. The van der Waals surface area contributed by atoms with E-state index in [9.17, 15) is 14.3 Å². The molecule has 4 aromatic rings. The summed E-state index contributed by atoms with van der Waals surface area (Å²) in [4.78, 5) is 16.7. The lowest BCUT2D eigenvalue weighted by atomic mass is 10.1. The van der Waals surface area contributed by atoms with Gasteiger partial charge >= 0.3 is 0 Å². The van der Waals surface area contributed by atoms with Crippen LogP contribution in [0.1, 0.15) is 10.6 Å². The number of hydrogen-bond donors (Lipinski definition) is 2. The molecule has 0 fully saturated rings. The molecule has 0 unspecified atom stereocenters. The fourth-order valence-corrected chi connectivity index (χ4v) is 3.24. The number of nitrogens with one attached hydrogen (secondary N) is 1. The van der Waals surface area contributed by atoms with E-state index in [2.05, 4.69) is 10.3 Å². The van der Waals surface area contributed by atoms with Gasteiger partial charge in [0.05, 0.1) is 11.3 Å². The fraction of sp³-hybridized carbons (Fsp3) is 0. The average Bonchev–Trinajstić information content (AvgIpc) is 3.32. The van der Waals surface area contributed by atoms with Crippen molar-refractivity contribution in [1.82, 2.24) is 4.98 Å². The second-order valence-corrected chi connectivity index (χ2v) is 6.54. The molecule has 2 heterocycles. The van der Waals surface area contributed by atoms with E-state index in [0.29, 0.717) is 16.4 Å². The van der Waals surface area contributed by atoms with Gasteiger partial charge in [0.15, 0.2) is 10.9 Å². The summed E-state index contributed by atoms with van der Waals surface area (Å²) in [6, 6.07) is 15.9. The lowest BCUT2D eigenvalue weighted by Crippen LogP contribution is -2.10. The molecule has 27 heavy (non-hydrogen) atoms. The Bertz CT molecular complexity index is 1100. The molecule has 0 aliphatic rings. The molecular weight excluding hydrogens is 367 g/mol. The van der Waals surface area contributed by atoms with E-state index in [1.165, 1.54) is 23.5 Å². The summed E-state index contributed by atoms with van der Waals surface area (Å²) < 4.78 is 19.3. The zero-order valence-electron chi connectivity index (χ0n) is 13.8. The van der Waals surface area contributed by atoms with Crippen LogP contribution in [0.4, 0.5) is 9.52 Å². The number of halogens is 1. The number of phenols is 1. The normalized spacial score (nSPS) is 10.7. The fourth-order valence-electron chi connectivity index (χ4n) is 2.52. The third-order valence-corrected chi connectivity index (χ3v) is 4.61. The first-order valence-corrected chi connectivity index (χ1v) is 8.89. The first-order chi connectivity index (χ1) is 13.1. The van der Waals surface area contributed by atoms with E-state index in [0.717, 1.165) is 5.56 Å². The Kier molecular flexibility index (Phi) is 4.43. The van der Waals surface area contributed by atoms with Crippen molar-refractivity contribution < 1.29 is 18.7 Å². The molecule has 0 saturated carbocycles. The van der Waals surface area contributed by atoms with Crippen LogP contribution in [0.25, 0.3) is 22.6 Å². The number of aromatic nitrogens is 1. The molecule has 0 aliphatic carbocycles.